The van der Waals surface area contributed by atoms with Gasteiger partial charge in [0.2, 0.25) is 0 Å². The van der Waals surface area contributed by atoms with Crippen molar-refractivity contribution in [1.29, 1.82) is 0 Å². The maximum absolute atomic E-state index is 10.4. The Morgan fingerprint density at radius 1 is 1.23 bits per heavy atom. The maximum atomic E-state index is 10.4. The topological polar surface area (TPSA) is 77.4 Å². The van der Waals surface area contributed by atoms with E-state index in [1.807, 2.05) is 30.3 Å². The van der Waals surface area contributed by atoms with Crippen molar-refractivity contribution in [3.8, 4) is 0 Å². The fraction of sp³-hybridized carbons (Fsp3) is 0.500. The second kappa shape index (κ2) is 6.87. The first-order chi connectivity index (χ1) is 10.7. The van der Waals surface area contributed by atoms with E-state index in [1.54, 1.807) is 6.08 Å². The van der Waals surface area contributed by atoms with E-state index in [0.717, 1.165) is 5.56 Å². The lowest BCUT2D eigenvalue weighted by atomic mass is 9.97. The molecule has 120 valence electrons. The Morgan fingerprint density at radius 3 is 2.73 bits per heavy atom. The highest BCUT2D eigenvalue weighted by atomic mass is 16.7. The second-order valence-corrected chi connectivity index (χ2v) is 5.32. The summed E-state index contributed by atoms with van der Waals surface area (Å²) < 4.78 is 22.3. The quantitative estimate of drug-likeness (QED) is 0.799. The van der Waals surface area contributed by atoms with Crippen molar-refractivity contribution in [3.63, 3.8) is 0 Å². The van der Waals surface area contributed by atoms with E-state index >= 15 is 0 Å². The van der Waals surface area contributed by atoms with Crippen LogP contribution in [-0.2, 0) is 18.9 Å². The van der Waals surface area contributed by atoms with E-state index < -0.39 is 37.0 Å². The van der Waals surface area contributed by atoms with Crippen LogP contribution in [0.2, 0.25) is 0 Å². The van der Waals surface area contributed by atoms with Crippen molar-refractivity contribution in [2.24, 2.45) is 0 Å². The molecule has 2 fully saturated rings. The predicted octanol–water partition coefficient (Wildman–Crippen LogP) is 0.750. The minimum atomic E-state index is -1.23. The lowest BCUT2D eigenvalue weighted by Crippen LogP contribution is -2.62. The molecule has 0 aromatic heterocycles. The van der Waals surface area contributed by atoms with Crippen LogP contribution in [0, 0.1) is 0 Å². The van der Waals surface area contributed by atoms with Gasteiger partial charge in [0, 0.05) is 5.56 Å². The predicted molar refractivity (Wildman–Crippen MR) is 76.8 cm³/mol. The molecule has 6 nitrogen and oxygen atoms in total. The minimum absolute atomic E-state index is 0.206. The van der Waals surface area contributed by atoms with E-state index in [0.29, 0.717) is 0 Å². The number of hydrogen-bond donors (Lipinski definition) is 2. The summed E-state index contributed by atoms with van der Waals surface area (Å²) in [4.78, 5) is 0. The third-order valence-corrected chi connectivity index (χ3v) is 3.81. The number of rotatable bonds is 4. The van der Waals surface area contributed by atoms with Crippen LogP contribution in [0.5, 0.6) is 0 Å². The van der Waals surface area contributed by atoms with Gasteiger partial charge in [-0.1, -0.05) is 36.4 Å². The van der Waals surface area contributed by atoms with Crippen molar-refractivity contribution >= 4 is 0 Å². The van der Waals surface area contributed by atoms with Gasteiger partial charge in [-0.2, -0.15) is 0 Å². The first-order valence-corrected chi connectivity index (χ1v) is 7.27. The summed E-state index contributed by atoms with van der Waals surface area (Å²) in [6, 6.07) is 9.47. The molecule has 0 saturated carbocycles. The largest absolute Gasteiger partial charge is 0.387 e. The van der Waals surface area contributed by atoms with Crippen LogP contribution in [0.1, 0.15) is 11.9 Å². The van der Waals surface area contributed by atoms with Gasteiger partial charge in [-0.05, 0) is 0 Å². The van der Waals surface area contributed by atoms with Crippen LogP contribution in [0.4, 0.5) is 0 Å². The van der Waals surface area contributed by atoms with Gasteiger partial charge in [-0.3, -0.25) is 0 Å². The van der Waals surface area contributed by atoms with E-state index in [9.17, 15) is 10.2 Å². The van der Waals surface area contributed by atoms with Crippen LogP contribution in [0.15, 0.2) is 43.0 Å². The normalized spacial score (nSPS) is 38.3. The van der Waals surface area contributed by atoms with Crippen molar-refractivity contribution in [1.82, 2.24) is 0 Å². The lowest BCUT2D eigenvalue weighted by Gasteiger charge is -2.46. The average molecular weight is 308 g/mol. The van der Waals surface area contributed by atoms with Crippen molar-refractivity contribution in [3.05, 3.63) is 48.6 Å². The molecule has 1 unspecified atom stereocenters. The van der Waals surface area contributed by atoms with E-state index in [-0.39, 0.29) is 13.2 Å². The van der Waals surface area contributed by atoms with E-state index in [2.05, 4.69) is 6.58 Å². The smallest absolute Gasteiger partial charge is 0.184 e. The molecule has 2 saturated heterocycles. The fourth-order valence-corrected chi connectivity index (χ4v) is 2.72. The molecule has 2 aliphatic heterocycles. The molecule has 0 amide bonds. The summed E-state index contributed by atoms with van der Waals surface area (Å²) in [6.45, 7) is 3.98. The number of aliphatic hydroxyl groups excluding tert-OH is 2. The average Bonchev–Trinajstić information content (AvgIpc) is 2.55. The molecule has 0 radical (unpaired) electrons. The molecule has 6 heteroatoms. The Labute approximate surface area is 128 Å². The van der Waals surface area contributed by atoms with Crippen molar-refractivity contribution < 1.29 is 29.2 Å². The van der Waals surface area contributed by atoms with Crippen LogP contribution in [-0.4, -0.2) is 54.1 Å². The molecule has 2 aliphatic rings. The highest BCUT2D eigenvalue weighted by Gasteiger charge is 2.49. The number of hydrogen-bond acceptors (Lipinski definition) is 6. The molecular weight excluding hydrogens is 288 g/mol. The Bertz CT molecular complexity index is 493. The molecule has 0 bridgehead atoms. The SMILES string of the molecule is C=CCO[C@@H]1[C@@H](O)[C@@H]2OC(c3ccccc3)OC[C@H]2O[C@@H]1O. The van der Waals surface area contributed by atoms with Crippen LogP contribution >= 0.6 is 0 Å². The van der Waals surface area contributed by atoms with E-state index in [1.165, 1.54) is 0 Å². The van der Waals surface area contributed by atoms with Crippen LogP contribution < -0.4 is 0 Å². The Balaban J connectivity index is 1.72. The fourth-order valence-electron chi connectivity index (χ4n) is 2.72. The third kappa shape index (κ3) is 3.08. The van der Waals surface area contributed by atoms with Crippen molar-refractivity contribution in [2.75, 3.05) is 13.2 Å². The summed E-state index contributed by atoms with van der Waals surface area (Å²) in [7, 11) is 0. The Morgan fingerprint density at radius 2 is 2.00 bits per heavy atom. The summed E-state index contributed by atoms with van der Waals surface area (Å²) in [5, 5.41) is 20.4. The van der Waals surface area contributed by atoms with Gasteiger partial charge >= 0.3 is 0 Å². The Kier molecular flexibility index (Phi) is 4.87. The monoisotopic (exact) mass is 308 g/mol. The highest BCUT2D eigenvalue weighted by Crippen LogP contribution is 2.34. The van der Waals surface area contributed by atoms with Gasteiger partial charge < -0.3 is 29.2 Å². The molecule has 3 rings (SSSR count). The Hall–Kier alpha value is -1.28. The van der Waals surface area contributed by atoms with Gasteiger partial charge in [0.15, 0.2) is 12.6 Å². The maximum Gasteiger partial charge on any atom is 0.184 e. The molecule has 2 N–H and O–H groups in total. The zero-order chi connectivity index (χ0) is 15.5. The zero-order valence-electron chi connectivity index (χ0n) is 12.1. The summed E-state index contributed by atoms with van der Waals surface area (Å²) in [5.74, 6) is 0. The molecule has 0 aliphatic carbocycles. The summed E-state index contributed by atoms with van der Waals surface area (Å²) in [6.07, 6.45) is -3.31. The zero-order valence-corrected chi connectivity index (χ0v) is 12.1. The first-order valence-electron chi connectivity index (χ1n) is 7.27. The van der Waals surface area contributed by atoms with Gasteiger partial charge in [-0.15, -0.1) is 6.58 Å². The van der Waals surface area contributed by atoms with Gasteiger partial charge in [0.1, 0.15) is 24.4 Å². The molecular formula is C16H20O6. The van der Waals surface area contributed by atoms with E-state index in [4.69, 9.17) is 18.9 Å². The lowest BCUT2D eigenvalue weighted by molar-refractivity contribution is -0.358. The van der Waals surface area contributed by atoms with Gasteiger partial charge in [-0.25, -0.2) is 0 Å². The van der Waals surface area contributed by atoms with Gasteiger partial charge in [0.05, 0.1) is 13.2 Å². The number of benzene rings is 1. The molecule has 22 heavy (non-hydrogen) atoms. The minimum Gasteiger partial charge on any atom is -0.387 e. The second-order valence-electron chi connectivity index (χ2n) is 5.32. The summed E-state index contributed by atoms with van der Waals surface area (Å²) >= 11 is 0. The van der Waals surface area contributed by atoms with Crippen LogP contribution in [0.25, 0.3) is 0 Å². The summed E-state index contributed by atoms with van der Waals surface area (Å²) in [5.41, 5.74) is 0.864. The molecule has 1 aromatic rings. The molecule has 2 heterocycles. The molecule has 1 aromatic carbocycles. The standard InChI is InChI=1S/C16H20O6/c1-2-8-19-14-12(17)13-11(21-15(14)18)9-20-16(22-13)10-6-4-3-5-7-10/h2-7,11-18H,1,8-9H2/t11-,12+,13-,14-,15+,16?/m1/s1. The highest BCUT2D eigenvalue weighted by molar-refractivity contribution is 5.16. The van der Waals surface area contributed by atoms with Gasteiger partial charge in [0.25, 0.3) is 0 Å². The third-order valence-electron chi connectivity index (χ3n) is 3.81. The van der Waals surface area contributed by atoms with Crippen LogP contribution in [0.3, 0.4) is 0 Å². The van der Waals surface area contributed by atoms with Crippen molar-refractivity contribution in [2.45, 2.75) is 37.0 Å². The molecule has 6 atom stereocenters. The molecule has 0 spiro atoms. The number of aliphatic hydroxyl groups is 2. The first kappa shape index (κ1) is 15.6. The number of fused-ring (bicyclic) bond motifs is 1. The number of ether oxygens (including phenoxy) is 4.